The van der Waals surface area contributed by atoms with Gasteiger partial charge in [-0.05, 0) is 24.3 Å². The number of hydrazone groups is 1. The highest BCUT2D eigenvalue weighted by atomic mass is 16.5. The standard InChI is InChI=1S/C14H14N2O4/c1-18-11-6-10(7-12(8-11)19-2)9-15-16-14(17)13-4-3-5-20-13/h3-9H,1-2H3,(H,16,17)/b15-9+. The molecule has 1 aromatic carbocycles. The van der Waals surface area contributed by atoms with Gasteiger partial charge in [0, 0.05) is 11.6 Å². The van der Waals surface area contributed by atoms with Gasteiger partial charge in [0.25, 0.3) is 0 Å². The van der Waals surface area contributed by atoms with Crippen molar-refractivity contribution in [3.05, 3.63) is 47.9 Å². The minimum atomic E-state index is -0.416. The molecule has 0 unspecified atom stereocenters. The Morgan fingerprint density at radius 3 is 2.50 bits per heavy atom. The molecule has 104 valence electrons. The molecule has 1 amide bonds. The molecule has 0 bridgehead atoms. The van der Waals surface area contributed by atoms with Crippen LogP contribution in [-0.4, -0.2) is 26.3 Å². The lowest BCUT2D eigenvalue weighted by Gasteiger charge is -2.05. The predicted molar refractivity (Wildman–Crippen MR) is 73.3 cm³/mol. The van der Waals surface area contributed by atoms with Crippen molar-refractivity contribution < 1.29 is 18.7 Å². The molecule has 0 aliphatic rings. The Kier molecular flexibility index (Phi) is 4.39. The van der Waals surface area contributed by atoms with E-state index < -0.39 is 5.91 Å². The second-order valence-electron chi connectivity index (χ2n) is 3.82. The molecule has 1 aromatic heterocycles. The van der Waals surface area contributed by atoms with Gasteiger partial charge in [0.15, 0.2) is 5.76 Å². The number of hydrogen-bond acceptors (Lipinski definition) is 5. The van der Waals surface area contributed by atoms with Crippen LogP contribution in [-0.2, 0) is 0 Å². The fraction of sp³-hybridized carbons (Fsp3) is 0.143. The number of furan rings is 1. The zero-order chi connectivity index (χ0) is 14.4. The first-order valence-corrected chi connectivity index (χ1v) is 5.83. The molecule has 0 aliphatic carbocycles. The predicted octanol–water partition coefficient (Wildman–Crippen LogP) is 2.06. The van der Waals surface area contributed by atoms with Crippen LogP contribution < -0.4 is 14.9 Å². The summed E-state index contributed by atoms with van der Waals surface area (Å²) in [7, 11) is 3.13. The third-order valence-corrected chi connectivity index (χ3v) is 2.50. The molecule has 1 heterocycles. The Morgan fingerprint density at radius 1 is 1.25 bits per heavy atom. The average Bonchev–Trinajstić information content (AvgIpc) is 3.01. The van der Waals surface area contributed by atoms with E-state index in [4.69, 9.17) is 13.9 Å². The van der Waals surface area contributed by atoms with Crippen molar-refractivity contribution in [1.82, 2.24) is 5.43 Å². The Hall–Kier alpha value is -2.76. The lowest BCUT2D eigenvalue weighted by molar-refractivity contribution is 0.0927. The minimum absolute atomic E-state index is 0.199. The smallest absolute Gasteiger partial charge is 0.307 e. The molecule has 0 spiro atoms. The van der Waals surface area contributed by atoms with Crippen molar-refractivity contribution in [1.29, 1.82) is 0 Å². The molecular weight excluding hydrogens is 260 g/mol. The summed E-state index contributed by atoms with van der Waals surface area (Å²) in [5.41, 5.74) is 3.10. The molecule has 6 heteroatoms. The molecule has 0 aliphatic heterocycles. The third kappa shape index (κ3) is 3.38. The van der Waals surface area contributed by atoms with Gasteiger partial charge < -0.3 is 13.9 Å². The van der Waals surface area contributed by atoms with Gasteiger partial charge in [-0.15, -0.1) is 0 Å². The first-order valence-electron chi connectivity index (χ1n) is 5.83. The monoisotopic (exact) mass is 274 g/mol. The third-order valence-electron chi connectivity index (χ3n) is 2.50. The Balaban J connectivity index is 2.05. The quantitative estimate of drug-likeness (QED) is 0.669. The van der Waals surface area contributed by atoms with Crippen LogP contribution in [0.4, 0.5) is 0 Å². The summed E-state index contributed by atoms with van der Waals surface area (Å²) < 4.78 is 15.2. The van der Waals surface area contributed by atoms with Gasteiger partial charge in [0.05, 0.1) is 26.7 Å². The van der Waals surface area contributed by atoms with Crippen LogP contribution in [0.25, 0.3) is 0 Å². The van der Waals surface area contributed by atoms with Crippen molar-refractivity contribution in [2.24, 2.45) is 5.10 Å². The summed E-state index contributed by atoms with van der Waals surface area (Å²) in [6.07, 6.45) is 2.91. The number of carbonyl (C=O) groups is 1. The van der Waals surface area contributed by atoms with Gasteiger partial charge in [-0.25, -0.2) is 5.43 Å². The normalized spacial score (nSPS) is 10.5. The van der Waals surface area contributed by atoms with Crippen molar-refractivity contribution in [2.45, 2.75) is 0 Å². The maximum absolute atomic E-state index is 11.6. The number of nitrogens with zero attached hydrogens (tertiary/aromatic N) is 1. The highest BCUT2D eigenvalue weighted by molar-refractivity contribution is 5.92. The number of ether oxygens (including phenoxy) is 2. The summed E-state index contributed by atoms with van der Waals surface area (Å²) in [5.74, 6) is 1.07. The van der Waals surface area contributed by atoms with E-state index in [0.29, 0.717) is 11.5 Å². The fourth-order valence-electron chi connectivity index (χ4n) is 1.53. The number of carbonyl (C=O) groups excluding carboxylic acids is 1. The van der Waals surface area contributed by atoms with E-state index in [9.17, 15) is 4.79 Å². The van der Waals surface area contributed by atoms with Crippen molar-refractivity contribution in [2.75, 3.05) is 14.2 Å². The molecule has 2 aromatic rings. The largest absolute Gasteiger partial charge is 0.497 e. The summed E-state index contributed by atoms with van der Waals surface area (Å²) >= 11 is 0. The van der Waals surface area contributed by atoms with Crippen LogP contribution in [0.2, 0.25) is 0 Å². The molecule has 6 nitrogen and oxygen atoms in total. The first kappa shape index (κ1) is 13.7. The number of benzene rings is 1. The second kappa shape index (κ2) is 6.42. The SMILES string of the molecule is COc1cc(/C=N/NC(=O)c2ccco2)cc(OC)c1. The average molecular weight is 274 g/mol. The molecule has 20 heavy (non-hydrogen) atoms. The molecule has 1 N–H and O–H groups in total. The van der Waals surface area contributed by atoms with E-state index in [-0.39, 0.29) is 5.76 Å². The fourth-order valence-corrected chi connectivity index (χ4v) is 1.53. The minimum Gasteiger partial charge on any atom is -0.497 e. The number of nitrogens with one attached hydrogen (secondary N) is 1. The Labute approximate surface area is 116 Å². The van der Waals surface area contributed by atoms with Crippen molar-refractivity contribution in [3.63, 3.8) is 0 Å². The van der Waals surface area contributed by atoms with Crippen LogP contribution >= 0.6 is 0 Å². The van der Waals surface area contributed by atoms with Crippen molar-refractivity contribution in [3.8, 4) is 11.5 Å². The van der Waals surface area contributed by atoms with Crippen LogP contribution in [0.5, 0.6) is 11.5 Å². The summed E-state index contributed by atoms with van der Waals surface area (Å²) in [6, 6.07) is 8.47. The zero-order valence-corrected chi connectivity index (χ0v) is 11.1. The van der Waals surface area contributed by atoms with E-state index in [1.54, 1.807) is 44.6 Å². The van der Waals surface area contributed by atoms with E-state index >= 15 is 0 Å². The number of amides is 1. The second-order valence-corrected chi connectivity index (χ2v) is 3.82. The molecule has 2 rings (SSSR count). The van der Waals surface area contributed by atoms with E-state index in [0.717, 1.165) is 5.56 Å². The summed E-state index contributed by atoms with van der Waals surface area (Å²) in [6.45, 7) is 0. The van der Waals surface area contributed by atoms with Gasteiger partial charge in [0.2, 0.25) is 0 Å². The zero-order valence-electron chi connectivity index (χ0n) is 11.1. The van der Waals surface area contributed by atoms with E-state index in [1.165, 1.54) is 12.5 Å². The molecule has 0 radical (unpaired) electrons. The lowest BCUT2D eigenvalue weighted by Crippen LogP contribution is -2.16. The highest BCUT2D eigenvalue weighted by Crippen LogP contribution is 2.21. The van der Waals surface area contributed by atoms with Gasteiger partial charge in [-0.1, -0.05) is 0 Å². The topological polar surface area (TPSA) is 73.1 Å². The van der Waals surface area contributed by atoms with Gasteiger partial charge in [-0.3, -0.25) is 4.79 Å². The maximum Gasteiger partial charge on any atom is 0.307 e. The van der Waals surface area contributed by atoms with Crippen LogP contribution in [0.3, 0.4) is 0 Å². The highest BCUT2D eigenvalue weighted by Gasteiger charge is 2.06. The molecular formula is C14H14N2O4. The maximum atomic E-state index is 11.6. The molecule has 0 saturated heterocycles. The number of rotatable bonds is 5. The van der Waals surface area contributed by atoms with Crippen LogP contribution in [0.15, 0.2) is 46.1 Å². The van der Waals surface area contributed by atoms with Crippen LogP contribution in [0.1, 0.15) is 16.1 Å². The van der Waals surface area contributed by atoms with Gasteiger partial charge in [-0.2, -0.15) is 5.10 Å². The van der Waals surface area contributed by atoms with Crippen LogP contribution in [0, 0.1) is 0 Å². The number of methoxy groups -OCH3 is 2. The summed E-state index contributed by atoms with van der Waals surface area (Å²) in [4.78, 5) is 11.6. The van der Waals surface area contributed by atoms with Crippen molar-refractivity contribution >= 4 is 12.1 Å². The lowest BCUT2D eigenvalue weighted by atomic mass is 10.2. The van der Waals surface area contributed by atoms with Gasteiger partial charge >= 0.3 is 5.91 Å². The first-order chi connectivity index (χ1) is 9.72. The Bertz CT molecular complexity index is 583. The van der Waals surface area contributed by atoms with Gasteiger partial charge in [0.1, 0.15) is 11.5 Å². The molecule has 0 atom stereocenters. The Morgan fingerprint density at radius 2 is 1.95 bits per heavy atom. The van der Waals surface area contributed by atoms with E-state index in [1.807, 2.05) is 0 Å². The van der Waals surface area contributed by atoms with E-state index in [2.05, 4.69) is 10.5 Å². The molecule has 0 saturated carbocycles. The summed E-state index contributed by atoms with van der Waals surface area (Å²) in [5, 5.41) is 3.85. The number of hydrogen-bond donors (Lipinski definition) is 1. The molecule has 0 fully saturated rings.